The van der Waals surface area contributed by atoms with E-state index in [2.05, 4.69) is 28.9 Å². The summed E-state index contributed by atoms with van der Waals surface area (Å²) < 4.78 is 35.6. The zero-order valence-electron chi connectivity index (χ0n) is 16.5. The van der Waals surface area contributed by atoms with Crippen molar-refractivity contribution >= 4 is 21.6 Å². The summed E-state index contributed by atoms with van der Waals surface area (Å²) in [5.41, 5.74) is 0.944. The highest BCUT2D eigenvalue weighted by Crippen LogP contribution is 2.24. The first-order valence-electron chi connectivity index (χ1n) is 9.72. The van der Waals surface area contributed by atoms with Crippen molar-refractivity contribution in [2.75, 3.05) is 6.61 Å². The zero-order chi connectivity index (χ0) is 21.0. The second kappa shape index (κ2) is 9.53. The van der Waals surface area contributed by atoms with Gasteiger partial charge in [0.2, 0.25) is 10.0 Å². The molecule has 0 unspecified atom stereocenters. The minimum Gasteiger partial charge on any atom is -0.394 e. The molecule has 0 radical (unpaired) electrons. The minimum atomic E-state index is -3.72. The number of halogens is 1. The quantitative estimate of drug-likeness (QED) is 0.649. The van der Waals surface area contributed by atoms with Gasteiger partial charge in [0.15, 0.2) is 0 Å². The average molecular weight is 443 g/mol. The van der Waals surface area contributed by atoms with Gasteiger partial charge in [-0.15, -0.1) is 5.10 Å². The molecule has 2 aromatic rings. The largest absolute Gasteiger partial charge is 0.394 e. The van der Waals surface area contributed by atoms with E-state index in [4.69, 9.17) is 16.3 Å². The Hall–Kier alpha value is -1.52. The summed E-state index contributed by atoms with van der Waals surface area (Å²) in [5, 5.41) is 18.5. The molecule has 1 aromatic carbocycles. The van der Waals surface area contributed by atoms with Gasteiger partial charge in [0.25, 0.3) is 0 Å². The number of hydrogen-bond acceptors (Lipinski definition) is 6. The number of hydrogen-bond donors (Lipinski definition) is 2. The monoisotopic (exact) mass is 442 g/mol. The number of benzene rings is 1. The number of nitrogens with zero attached hydrogens (tertiary/aromatic N) is 3. The molecule has 1 aliphatic heterocycles. The maximum absolute atomic E-state index is 12.6. The van der Waals surface area contributed by atoms with Gasteiger partial charge >= 0.3 is 0 Å². The first-order valence-corrected chi connectivity index (χ1v) is 11.6. The molecule has 0 amide bonds. The Balaban J connectivity index is 1.56. The third-order valence-electron chi connectivity index (χ3n) is 5.05. The highest BCUT2D eigenvalue weighted by atomic mass is 35.5. The molecule has 1 aliphatic rings. The van der Waals surface area contributed by atoms with Gasteiger partial charge in [-0.25, -0.2) is 13.1 Å². The van der Waals surface area contributed by atoms with Gasteiger partial charge < -0.3 is 9.84 Å². The van der Waals surface area contributed by atoms with E-state index in [-0.39, 0.29) is 17.6 Å². The van der Waals surface area contributed by atoms with Crippen molar-refractivity contribution in [3.8, 4) is 0 Å². The van der Waals surface area contributed by atoms with Gasteiger partial charge in [0.05, 0.1) is 35.4 Å². The lowest BCUT2D eigenvalue weighted by Crippen LogP contribution is -2.50. The Morgan fingerprint density at radius 3 is 2.66 bits per heavy atom. The van der Waals surface area contributed by atoms with Crippen LogP contribution >= 0.6 is 11.6 Å². The van der Waals surface area contributed by atoms with E-state index in [1.54, 1.807) is 4.68 Å². The molecular formula is C19H27ClN4O4S. The van der Waals surface area contributed by atoms with Crippen molar-refractivity contribution in [3.63, 3.8) is 0 Å². The normalized spacial score (nSPS) is 22.9. The molecule has 0 spiro atoms. The van der Waals surface area contributed by atoms with E-state index in [0.717, 1.165) is 5.69 Å². The third kappa shape index (κ3) is 5.76. The van der Waals surface area contributed by atoms with E-state index in [9.17, 15) is 13.5 Å². The molecule has 0 aliphatic carbocycles. The van der Waals surface area contributed by atoms with Crippen LogP contribution in [0, 0.1) is 0 Å². The van der Waals surface area contributed by atoms with Gasteiger partial charge in [-0.1, -0.05) is 30.7 Å². The maximum Gasteiger partial charge on any atom is 0.240 e. The van der Waals surface area contributed by atoms with Crippen molar-refractivity contribution in [1.82, 2.24) is 19.7 Å². The first kappa shape index (κ1) is 22.2. The van der Waals surface area contributed by atoms with Crippen LogP contribution in [0.15, 0.2) is 35.4 Å². The number of ether oxygens (including phenoxy) is 1. The van der Waals surface area contributed by atoms with Gasteiger partial charge in [-0.05, 0) is 49.4 Å². The molecule has 2 N–H and O–H groups in total. The summed E-state index contributed by atoms with van der Waals surface area (Å²) in [4.78, 5) is 0.132. The minimum absolute atomic E-state index is 0.0739. The van der Waals surface area contributed by atoms with Crippen molar-refractivity contribution in [2.45, 2.75) is 68.7 Å². The summed E-state index contributed by atoms with van der Waals surface area (Å²) >= 11 is 5.83. The topological polar surface area (TPSA) is 106 Å². The maximum atomic E-state index is 12.6. The fraction of sp³-hybridized carbons (Fsp3) is 0.579. The van der Waals surface area contributed by atoms with Gasteiger partial charge in [-0.2, -0.15) is 0 Å². The number of aryl methyl sites for hydroxylation is 1. The van der Waals surface area contributed by atoms with E-state index < -0.39 is 22.2 Å². The first-order chi connectivity index (χ1) is 13.8. The molecule has 10 heteroatoms. The lowest BCUT2D eigenvalue weighted by atomic mass is 9.98. The van der Waals surface area contributed by atoms with E-state index in [0.29, 0.717) is 36.7 Å². The molecule has 160 valence electrons. The van der Waals surface area contributed by atoms with E-state index in [1.165, 1.54) is 24.3 Å². The van der Waals surface area contributed by atoms with Crippen LogP contribution in [0.1, 0.15) is 44.7 Å². The molecule has 2 heterocycles. The predicted octanol–water partition coefficient (Wildman–Crippen LogP) is 2.33. The van der Waals surface area contributed by atoms with Crippen LogP contribution < -0.4 is 4.72 Å². The van der Waals surface area contributed by atoms with Crippen LogP contribution in [0.5, 0.6) is 0 Å². The highest BCUT2D eigenvalue weighted by molar-refractivity contribution is 7.89. The highest BCUT2D eigenvalue weighted by Gasteiger charge is 2.33. The smallest absolute Gasteiger partial charge is 0.240 e. The summed E-state index contributed by atoms with van der Waals surface area (Å²) in [5.74, 6) is 0.322. The van der Waals surface area contributed by atoms with Crippen LogP contribution in [0.25, 0.3) is 0 Å². The third-order valence-corrected chi connectivity index (χ3v) is 6.81. The second-order valence-electron chi connectivity index (χ2n) is 7.59. The van der Waals surface area contributed by atoms with Gasteiger partial charge in [-0.3, -0.25) is 4.68 Å². The summed E-state index contributed by atoms with van der Waals surface area (Å²) in [6.07, 6.45) is 3.24. The average Bonchev–Trinajstić information content (AvgIpc) is 3.17. The standard InChI is InChI=1S/C19H27ClN4O4S/c1-13(2)18-11-24(23-21-18)10-9-15-5-8-17(19(12-25)28-15)22-29(26,27)16-6-3-14(20)4-7-16/h3-4,6-7,11,13,15,17,19,22,25H,5,8-10,12H2,1-2H3/t15-,17+,19+/m0/s1. The van der Waals surface area contributed by atoms with Crippen LogP contribution in [0.3, 0.4) is 0 Å². The van der Waals surface area contributed by atoms with Crippen molar-refractivity contribution in [1.29, 1.82) is 0 Å². The number of nitrogens with one attached hydrogen (secondary N) is 1. The fourth-order valence-electron chi connectivity index (χ4n) is 3.32. The van der Waals surface area contributed by atoms with Crippen LogP contribution in [0.4, 0.5) is 0 Å². The Kier molecular flexibility index (Phi) is 7.28. The Morgan fingerprint density at radius 2 is 2.03 bits per heavy atom. The number of aromatic nitrogens is 3. The fourth-order valence-corrected chi connectivity index (χ4v) is 4.75. The number of rotatable bonds is 8. The van der Waals surface area contributed by atoms with Gasteiger partial charge in [0.1, 0.15) is 0 Å². The van der Waals surface area contributed by atoms with E-state index >= 15 is 0 Å². The SMILES string of the molecule is CC(C)c1cn(CC[C@@H]2CC[C@@H](NS(=O)(=O)c3ccc(Cl)cc3)[C@@H](CO)O2)nn1. The lowest BCUT2D eigenvalue weighted by molar-refractivity contribution is -0.0891. The van der Waals surface area contributed by atoms with Crippen molar-refractivity contribution < 1.29 is 18.3 Å². The summed E-state index contributed by atoms with van der Waals surface area (Å²) in [6.45, 7) is 4.53. The Labute approximate surface area is 176 Å². The Morgan fingerprint density at radius 1 is 1.31 bits per heavy atom. The molecule has 1 saturated heterocycles. The summed E-state index contributed by atoms with van der Waals surface area (Å²) in [7, 11) is -3.72. The number of aliphatic hydroxyl groups is 1. The van der Waals surface area contributed by atoms with Crippen LogP contribution in [-0.4, -0.2) is 53.4 Å². The van der Waals surface area contributed by atoms with Crippen LogP contribution in [-0.2, 0) is 21.3 Å². The van der Waals surface area contributed by atoms with E-state index in [1.807, 2.05) is 6.20 Å². The van der Waals surface area contributed by atoms with Gasteiger partial charge in [0, 0.05) is 17.8 Å². The molecule has 1 aromatic heterocycles. The molecular weight excluding hydrogens is 416 g/mol. The molecule has 8 nitrogen and oxygen atoms in total. The Bertz CT molecular complexity index is 901. The molecule has 29 heavy (non-hydrogen) atoms. The molecule has 1 fully saturated rings. The van der Waals surface area contributed by atoms with Crippen molar-refractivity contribution in [3.05, 3.63) is 41.2 Å². The molecule has 0 saturated carbocycles. The second-order valence-corrected chi connectivity index (χ2v) is 9.74. The molecule has 3 rings (SSSR count). The number of sulfonamides is 1. The predicted molar refractivity (Wildman–Crippen MR) is 109 cm³/mol. The molecule has 3 atom stereocenters. The van der Waals surface area contributed by atoms with Crippen molar-refractivity contribution in [2.24, 2.45) is 0 Å². The lowest BCUT2D eigenvalue weighted by Gasteiger charge is -2.36. The summed E-state index contributed by atoms with van der Waals surface area (Å²) in [6, 6.07) is 5.48. The number of aliphatic hydroxyl groups excluding tert-OH is 1. The van der Waals surface area contributed by atoms with Crippen LogP contribution in [0.2, 0.25) is 5.02 Å². The molecule has 0 bridgehead atoms. The zero-order valence-corrected chi connectivity index (χ0v) is 18.1.